The fourth-order valence-electron chi connectivity index (χ4n) is 2.40. The van der Waals surface area contributed by atoms with E-state index in [1.165, 1.54) is 16.2 Å². The van der Waals surface area contributed by atoms with Gasteiger partial charge in [0.05, 0.1) is 17.4 Å². The Balaban J connectivity index is 1.77. The van der Waals surface area contributed by atoms with Crippen LogP contribution in [-0.2, 0) is 12.2 Å². The maximum Gasteiger partial charge on any atom is 0.264 e. The van der Waals surface area contributed by atoms with Gasteiger partial charge in [0, 0.05) is 23.2 Å². The summed E-state index contributed by atoms with van der Waals surface area (Å²) in [5.74, 6) is 2.35. The summed E-state index contributed by atoms with van der Waals surface area (Å²) in [7, 11) is 0. The maximum absolute atomic E-state index is 12.6. The van der Waals surface area contributed by atoms with Gasteiger partial charge in [-0.25, -0.2) is 0 Å². The fraction of sp³-hybridized carbons (Fsp3) is 0.571. The predicted octanol–water partition coefficient (Wildman–Crippen LogP) is 3.06. The van der Waals surface area contributed by atoms with Crippen LogP contribution in [0.5, 0.6) is 0 Å². The van der Waals surface area contributed by atoms with E-state index in [2.05, 4.69) is 12.1 Å². The van der Waals surface area contributed by atoms with E-state index in [0.29, 0.717) is 19.0 Å². The molecule has 1 aliphatic carbocycles. The molecule has 0 bridgehead atoms. The molecule has 100 valence electrons. The van der Waals surface area contributed by atoms with Gasteiger partial charge < -0.3 is 4.90 Å². The molecule has 0 saturated heterocycles. The Labute approximate surface area is 121 Å². The Morgan fingerprint density at radius 3 is 3.05 bits per heavy atom. The molecular formula is C14H16N2OS2. The topological polar surface area (TPSA) is 44.1 Å². The molecule has 0 unspecified atom stereocenters. The van der Waals surface area contributed by atoms with Crippen LogP contribution >= 0.6 is 23.1 Å². The molecule has 19 heavy (non-hydrogen) atoms. The van der Waals surface area contributed by atoms with Crippen molar-refractivity contribution in [3.05, 3.63) is 21.4 Å². The predicted molar refractivity (Wildman–Crippen MR) is 78.5 cm³/mol. The summed E-state index contributed by atoms with van der Waals surface area (Å²) >= 11 is 3.61. The molecule has 1 amide bonds. The largest absolute Gasteiger partial charge is 0.334 e. The van der Waals surface area contributed by atoms with Gasteiger partial charge in [-0.1, -0.05) is 0 Å². The monoisotopic (exact) mass is 292 g/mol. The Morgan fingerprint density at radius 1 is 1.53 bits per heavy atom. The van der Waals surface area contributed by atoms with Gasteiger partial charge in [-0.15, -0.1) is 11.3 Å². The number of carbonyl (C=O) groups is 1. The Kier molecular flexibility index (Phi) is 3.81. The van der Waals surface area contributed by atoms with Crippen molar-refractivity contribution in [2.24, 2.45) is 0 Å². The van der Waals surface area contributed by atoms with Crippen LogP contribution in [0.2, 0.25) is 0 Å². The van der Waals surface area contributed by atoms with Gasteiger partial charge in [-0.3, -0.25) is 4.79 Å². The highest BCUT2D eigenvalue weighted by Gasteiger charge is 2.33. The second kappa shape index (κ2) is 5.56. The first-order chi connectivity index (χ1) is 9.29. The number of hydrogen-bond acceptors (Lipinski definition) is 4. The van der Waals surface area contributed by atoms with E-state index in [0.717, 1.165) is 29.9 Å². The van der Waals surface area contributed by atoms with Crippen molar-refractivity contribution in [2.75, 3.05) is 12.3 Å². The number of nitrogens with zero attached hydrogens (tertiary/aromatic N) is 2. The lowest BCUT2D eigenvalue weighted by atomic mass is 10.2. The van der Waals surface area contributed by atoms with E-state index in [1.807, 2.05) is 16.7 Å². The number of amides is 1. The third-order valence-electron chi connectivity index (χ3n) is 3.55. The summed E-state index contributed by atoms with van der Waals surface area (Å²) in [5, 5.41) is 8.71. The van der Waals surface area contributed by atoms with Crippen molar-refractivity contribution in [3.8, 4) is 6.07 Å². The minimum absolute atomic E-state index is 0.141. The van der Waals surface area contributed by atoms with Gasteiger partial charge in [-0.2, -0.15) is 17.0 Å². The lowest BCUT2D eigenvalue weighted by Gasteiger charge is -2.20. The summed E-state index contributed by atoms with van der Waals surface area (Å²) in [4.78, 5) is 16.7. The molecule has 0 N–H and O–H groups in total. The van der Waals surface area contributed by atoms with Crippen LogP contribution in [0.15, 0.2) is 6.07 Å². The minimum Gasteiger partial charge on any atom is -0.334 e. The Bertz CT molecular complexity index is 505. The highest BCUT2D eigenvalue weighted by Crippen LogP contribution is 2.34. The molecule has 2 aliphatic rings. The quantitative estimate of drug-likeness (QED) is 0.856. The normalized spacial score (nSPS) is 17.6. The average molecular weight is 292 g/mol. The van der Waals surface area contributed by atoms with E-state index in [4.69, 9.17) is 5.26 Å². The second-order valence-electron chi connectivity index (χ2n) is 5.00. The summed E-state index contributed by atoms with van der Waals surface area (Å²) in [6.07, 6.45) is 3.72. The molecule has 3 rings (SSSR count). The number of hydrogen-bond donors (Lipinski definition) is 0. The van der Waals surface area contributed by atoms with Crippen LogP contribution in [0.25, 0.3) is 0 Å². The minimum atomic E-state index is 0.141. The van der Waals surface area contributed by atoms with Crippen molar-refractivity contribution in [1.29, 1.82) is 5.26 Å². The highest BCUT2D eigenvalue weighted by molar-refractivity contribution is 7.98. The highest BCUT2D eigenvalue weighted by atomic mass is 32.2. The summed E-state index contributed by atoms with van der Waals surface area (Å²) in [6.45, 7) is 0.581. The molecule has 5 heteroatoms. The molecular weight excluding hydrogens is 276 g/mol. The van der Waals surface area contributed by atoms with Crippen LogP contribution < -0.4 is 0 Å². The Hall–Kier alpha value is -0.990. The average Bonchev–Trinajstić information content (AvgIpc) is 3.17. The molecule has 1 saturated carbocycles. The number of aryl methyl sites for hydroxylation is 1. The molecule has 1 aromatic rings. The number of thioether (sulfide) groups is 1. The smallest absolute Gasteiger partial charge is 0.264 e. The number of rotatable bonds is 4. The van der Waals surface area contributed by atoms with Crippen molar-refractivity contribution in [1.82, 2.24) is 4.90 Å². The van der Waals surface area contributed by atoms with Gasteiger partial charge in [0.15, 0.2) is 0 Å². The first-order valence-corrected chi connectivity index (χ1v) is 8.64. The number of thiophene rings is 1. The second-order valence-corrected chi connectivity index (χ2v) is 7.24. The molecule has 3 nitrogen and oxygen atoms in total. The molecule has 0 radical (unpaired) electrons. The van der Waals surface area contributed by atoms with Gasteiger partial charge in [-0.05, 0) is 36.6 Å². The van der Waals surface area contributed by atoms with Gasteiger partial charge in [0.2, 0.25) is 0 Å². The first kappa shape index (κ1) is 13.0. The molecule has 2 heterocycles. The van der Waals surface area contributed by atoms with Gasteiger partial charge >= 0.3 is 0 Å². The molecule has 1 aromatic heterocycles. The lowest BCUT2D eigenvalue weighted by Crippen LogP contribution is -2.33. The van der Waals surface area contributed by atoms with Crippen LogP contribution in [0, 0.1) is 11.3 Å². The zero-order valence-corrected chi connectivity index (χ0v) is 12.4. The number of carbonyl (C=O) groups excluding carboxylic acids is 1. The van der Waals surface area contributed by atoms with E-state index < -0.39 is 0 Å². The molecule has 0 aromatic carbocycles. The van der Waals surface area contributed by atoms with Gasteiger partial charge in [0.25, 0.3) is 5.91 Å². The lowest BCUT2D eigenvalue weighted by molar-refractivity contribution is 0.0751. The van der Waals surface area contributed by atoms with Crippen molar-refractivity contribution in [2.45, 2.75) is 37.5 Å². The maximum atomic E-state index is 12.6. The van der Waals surface area contributed by atoms with Crippen LogP contribution in [0.1, 0.15) is 39.4 Å². The van der Waals surface area contributed by atoms with Crippen molar-refractivity contribution < 1.29 is 4.79 Å². The van der Waals surface area contributed by atoms with Gasteiger partial charge in [0.1, 0.15) is 0 Å². The number of nitriles is 1. The fourth-order valence-corrected chi connectivity index (χ4v) is 4.73. The van der Waals surface area contributed by atoms with E-state index in [-0.39, 0.29) is 5.91 Å². The van der Waals surface area contributed by atoms with Crippen LogP contribution in [0.4, 0.5) is 0 Å². The molecule has 1 aliphatic heterocycles. The van der Waals surface area contributed by atoms with E-state index in [1.54, 1.807) is 11.3 Å². The van der Waals surface area contributed by atoms with E-state index in [9.17, 15) is 4.79 Å². The van der Waals surface area contributed by atoms with Crippen LogP contribution in [0.3, 0.4) is 0 Å². The summed E-state index contributed by atoms with van der Waals surface area (Å²) in [5.41, 5.74) is 1.35. The van der Waals surface area contributed by atoms with Crippen molar-refractivity contribution in [3.63, 3.8) is 0 Å². The van der Waals surface area contributed by atoms with Crippen molar-refractivity contribution >= 4 is 29.0 Å². The summed E-state index contributed by atoms with van der Waals surface area (Å²) in [6, 6.07) is 4.61. The zero-order valence-electron chi connectivity index (χ0n) is 10.7. The zero-order chi connectivity index (χ0) is 13.2. The van der Waals surface area contributed by atoms with Crippen LogP contribution in [-0.4, -0.2) is 29.1 Å². The standard InChI is InChI=1S/C14H16N2OS2/c15-5-1-6-16(11-2-3-11)14(17)13-8-10-9-18-7-4-12(10)19-13/h8,11H,1-4,6-7,9H2. The third-order valence-corrected chi connectivity index (χ3v) is 5.78. The molecule has 1 fully saturated rings. The summed E-state index contributed by atoms with van der Waals surface area (Å²) < 4.78 is 0. The first-order valence-electron chi connectivity index (χ1n) is 6.67. The molecule has 0 spiro atoms. The third kappa shape index (κ3) is 2.80. The molecule has 0 atom stereocenters. The van der Waals surface area contributed by atoms with E-state index >= 15 is 0 Å². The Morgan fingerprint density at radius 2 is 2.37 bits per heavy atom. The SMILES string of the molecule is N#CCCN(C(=O)c1cc2c(s1)CCSC2)C1CC1. The number of fused-ring (bicyclic) bond motifs is 1.